The average molecular weight is 207 g/mol. The number of alkyl halides is 2. The topological polar surface area (TPSA) is 13.1 Å². The molecule has 0 radical (unpaired) electrons. The maximum absolute atomic E-state index is 13.2. The lowest BCUT2D eigenvalue weighted by molar-refractivity contribution is 0.186. The average Bonchev–Trinajstić information content (AvgIpc) is 2.38. The van der Waals surface area contributed by atoms with E-state index in [-0.39, 0.29) is 5.33 Å². The zero-order valence-electron chi connectivity index (χ0n) is 5.60. The van der Waals surface area contributed by atoms with Crippen LogP contribution in [0.3, 0.4) is 0 Å². The van der Waals surface area contributed by atoms with Crippen molar-refractivity contribution in [3.8, 4) is 0 Å². The van der Waals surface area contributed by atoms with Crippen molar-refractivity contribution in [2.75, 3.05) is 5.33 Å². The lowest BCUT2D eigenvalue weighted by Crippen LogP contribution is -2.15. The number of furan rings is 1. The summed E-state index contributed by atoms with van der Waals surface area (Å²) in [7, 11) is 0. The molecule has 0 aromatic carbocycles. The highest BCUT2D eigenvalue weighted by Gasteiger charge is 2.26. The summed E-state index contributed by atoms with van der Waals surface area (Å²) in [5.41, 5.74) is -1.39. The molecule has 10 heavy (non-hydrogen) atoms. The molecule has 0 amide bonds. The fourth-order valence-corrected chi connectivity index (χ4v) is 0.917. The van der Waals surface area contributed by atoms with E-state index in [0.29, 0.717) is 5.76 Å². The van der Waals surface area contributed by atoms with Gasteiger partial charge in [0.1, 0.15) is 5.76 Å². The first-order chi connectivity index (χ1) is 4.67. The molecule has 56 valence electrons. The molecule has 0 unspecified atom stereocenters. The zero-order valence-corrected chi connectivity index (χ0v) is 7.19. The minimum Gasteiger partial charge on any atom is -0.466 e. The molecule has 0 N–H and O–H groups in total. The fourth-order valence-electron chi connectivity index (χ4n) is 0.641. The van der Waals surface area contributed by atoms with Gasteiger partial charge in [0.25, 0.3) is 0 Å². The molecule has 0 aliphatic rings. The normalized spacial score (nSPS) is 16.7. The van der Waals surface area contributed by atoms with Crippen molar-refractivity contribution in [1.82, 2.24) is 0 Å². The van der Waals surface area contributed by atoms with Crippen LogP contribution >= 0.6 is 15.9 Å². The third-order valence-corrected chi connectivity index (χ3v) is 2.34. The monoisotopic (exact) mass is 206 g/mol. The van der Waals surface area contributed by atoms with E-state index >= 15 is 0 Å². The molecule has 0 fully saturated rings. The molecule has 3 heteroatoms. The third kappa shape index (κ3) is 1.40. The largest absolute Gasteiger partial charge is 0.466 e. The van der Waals surface area contributed by atoms with Crippen LogP contribution in [0.5, 0.6) is 0 Å². The highest BCUT2D eigenvalue weighted by atomic mass is 79.9. The summed E-state index contributed by atoms with van der Waals surface area (Å²) in [4.78, 5) is 0. The maximum atomic E-state index is 13.2. The van der Waals surface area contributed by atoms with Crippen LogP contribution in [0.1, 0.15) is 12.7 Å². The van der Waals surface area contributed by atoms with Crippen molar-refractivity contribution < 1.29 is 8.81 Å². The second-order valence-corrected chi connectivity index (χ2v) is 2.87. The number of hydrogen-bond acceptors (Lipinski definition) is 1. The Hall–Kier alpha value is -0.310. The van der Waals surface area contributed by atoms with Gasteiger partial charge in [-0.2, -0.15) is 0 Å². The van der Waals surface area contributed by atoms with Crippen molar-refractivity contribution in [1.29, 1.82) is 0 Å². The Labute approximate surface area is 67.4 Å². The standard InChI is InChI=1S/C7H8BrFO/c1-7(9,5-8)6-3-2-4-10-6/h2-4H,5H2,1H3/t7-/m1/s1. The maximum Gasteiger partial charge on any atom is 0.174 e. The SMILES string of the molecule is C[C@@](F)(CBr)c1ccco1. The summed E-state index contributed by atoms with van der Waals surface area (Å²) in [5.74, 6) is 0.365. The summed E-state index contributed by atoms with van der Waals surface area (Å²) >= 11 is 3.06. The van der Waals surface area contributed by atoms with E-state index in [1.165, 1.54) is 13.2 Å². The van der Waals surface area contributed by atoms with Gasteiger partial charge in [-0.05, 0) is 19.1 Å². The highest BCUT2D eigenvalue weighted by molar-refractivity contribution is 9.09. The van der Waals surface area contributed by atoms with Crippen molar-refractivity contribution in [3.63, 3.8) is 0 Å². The van der Waals surface area contributed by atoms with E-state index in [4.69, 9.17) is 4.42 Å². The molecule has 1 aromatic heterocycles. The van der Waals surface area contributed by atoms with Gasteiger partial charge >= 0.3 is 0 Å². The second-order valence-electron chi connectivity index (χ2n) is 2.31. The molecule has 0 saturated heterocycles. The van der Waals surface area contributed by atoms with Gasteiger partial charge in [-0.25, -0.2) is 4.39 Å². The third-order valence-electron chi connectivity index (χ3n) is 1.29. The van der Waals surface area contributed by atoms with Crippen molar-refractivity contribution >= 4 is 15.9 Å². The first-order valence-corrected chi connectivity index (χ1v) is 4.08. The van der Waals surface area contributed by atoms with Gasteiger partial charge in [0.15, 0.2) is 5.67 Å². The Bertz CT molecular complexity index is 193. The lowest BCUT2D eigenvalue weighted by atomic mass is 10.1. The number of halogens is 2. The smallest absolute Gasteiger partial charge is 0.174 e. The molecule has 0 bridgehead atoms. The van der Waals surface area contributed by atoms with Gasteiger partial charge in [0.2, 0.25) is 0 Å². The zero-order chi connectivity index (χ0) is 7.61. The molecule has 0 aliphatic heterocycles. The van der Waals surface area contributed by atoms with Crippen LogP contribution in [0.25, 0.3) is 0 Å². The molecule has 1 atom stereocenters. The summed E-state index contributed by atoms with van der Waals surface area (Å²) in [6, 6.07) is 3.30. The van der Waals surface area contributed by atoms with Gasteiger partial charge in [-0.1, -0.05) is 15.9 Å². The molecule has 0 spiro atoms. The highest BCUT2D eigenvalue weighted by Crippen LogP contribution is 2.27. The Kier molecular flexibility index (Phi) is 2.14. The first-order valence-electron chi connectivity index (χ1n) is 2.95. The minimum absolute atomic E-state index is 0.257. The Morgan fingerprint density at radius 2 is 2.50 bits per heavy atom. The molecule has 1 heterocycles. The van der Waals surface area contributed by atoms with Crippen LogP contribution in [0.2, 0.25) is 0 Å². The van der Waals surface area contributed by atoms with Crippen molar-refractivity contribution in [2.45, 2.75) is 12.6 Å². The van der Waals surface area contributed by atoms with E-state index in [2.05, 4.69) is 15.9 Å². The van der Waals surface area contributed by atoms with Gasteiger partial charge in [-0.15, -0.1) is 0 Å². The predicted octanol–water partition coefficient (Wildman–Crippen LogP) is 2.86. The molecule has 1 aromatic rings. The van der Waals surface area contributed by atoms with E-state index in [1.54, 1.807) is 12.1 Å². The van der Waals surface area contributed by atoms with E-state index in [9.17, 15) is 4.39 Å². The van der Waals surface area contributed by atoms with Crippen LogP contribution in [0.4, 0.5) is 4.39 Å². The summed E-state index contributed by atoms with van der Waals surface area (Å²) in [6.07, 6.45) is 1.47. The van der Waals surface area contributed by atoms with Gasteiger partial charge in [-0.3, -0.25) is 0 Å². The fraction of sp³-hybridized carbons (Fsp3) is 0.429. The van der Waals surface area contributed by atoms with Gasteiger partial charge < -0.3 is 4.42 Å². The summed E-state index contributed by atoms with van der Waals surface area (Å²) in [6.45, 7) is 1.47. The Balaban J connectivity index is 2.85. The van der Waals surface area contributed by atoms with Crippen LogP contribution in [-0.4, -0.2) is 5.33 Å². The first kappa shape index (κ1) is 7.79. The molecule has 1 nitrogen and oxygen atoms in total. The molecular weight excluding hydrogens is 199 g/mol. The van der Waals surface area contributed by atoms with Gasteiger partial charge in [0.05, 0.1) is 6.26 Å². The summed E-state index contributed by atoms with van der Waals surface area (Å²) in [5, 5.41) is 0.257. The second kappa shape index (κ2) is 2.74. The van der Waals surface area contributed by atoms with E-state index < -0.39 is 5.67 Å². The molecule has 0 saturated carbocycles. The number of rotatable bonds is 2. The van der Waals surface area contributed by atoms with Crippen LogP contribution < -0.4 is 0 Å². The lowest BCUT2D eigenvalue weighted by Gasteiger charge is -2.12. The van der Waals surface area contributed by atoms with E-state index in [0.717, 1.165) is 0 Å². The molecule has 1 rings (SSSR count). The molecular formula is C7H8BrFO. The Morgan fingerprint density at radius 3 is 2.90 bits per heavy atom. The quantitative estimate of drug-likeness (QED) is 0.679. The predicted molar refractivity (Wildman–Crippen MR) is 41.0 cm³/mol. The minimum atomic E-state index is -1.39. The van der Waals surface area contributed by atoms with Crippen molar-refractivity contribution in [3.05, 3.63) is 24.2 Å². The Morgan fingerprint density at radius 1 is 1.80 bits per heavy atom. The van der Waals surface area contributed by atoms with Crippen molar-refractivity contribution in [2.24, 2.45) is 0 Å². The van der Waals surface area contributed by atoms with E-state index in [1.807, 2.05) is 0 Å². The van der Waals surface area contributed by atoms with Gasteiger partial charge in [0, 0.05) is 5.33 Å². The van der Waals surface area contributed by atoms with Crippen LogP contribution in [0.15, 0.2) is 22.8 Å². The summed E-state index contributed by atoms with van der Waals surface area (Å²) < 4.78 is 18.1. The molecule has 0 aliphatic carbocycles. The van der Waals surface area contributed by atoms with Crippen LogP contribution in [-0.2, 0) is 5.67 Å². The van der Waals surface area contributed by atoms with Crippen LogP contribution in [0, 0.1) is 0 Å². The number of hydrogen-bond donors (Lipinski definition) is 0.